The molecule has 186 valence electrons. The van der Waals surface area contributed by atoms with Gasteiger partial charge in [-0.3, -0.25) is 14.3 Å². The van der Waals surface area contributed by atoms with Crippen molar-refractivity contribution in [1.29, 1.82) is 0 Å². The molecular weight excluding hydrogens is 467 g/mol. The van der Waals surface area contributed by atoms with Gasteiger partial charge in [0.15, 0.2) is 5.65 Å². The lowest BCUT2D eigenvalue weighted by Crippen LogP contribution is -2.40. The first-order chi connectivity index (χ1) is 16.7. The summed E-state index contributed by atoms with van der Waals surface area (Å²) in [6.45, 7) is 1.43. The van der Waals surface area contributed by atoms with Crippen molar-refractivity contribution in [2.45, 2.75) is 44.2 Å². The Kier molecular flexibility index (Phi) is 5.91. The number of nitrogens with two attached hydrogens (primary N) is 1. The molecule has 12 heteroatoms. The predicted molar refractivity (Wildman–Crippen MR) is 120 cm³/mol. The summed E-state index contributed by atoms with van der Waals surface area (Å²) in [5, 5.41) is 0. The largest absolute Gasteiger partial charge is 0.573 e. The molecule has 35 heavy (non-hydrogen) atoms. The molecule has 4 heterocycles. The molecular formula is C23H24F3N5O4. The number of piperidine rings is 1. The number of carbonyl (C=O) groups is 1. The summed E-state index contributed by atoms with van der Waals surface area (Å²) in [6, 6.07) is 5.08. The van der Waals surface area contributed by atoms with Gasteiger partial charge in [-0.25, -0.2) is 9.78 Å². The monoisotopic (exact) mass is 491 g/mol. The molecule has 3 aromatic rings. The lowest BCUT2D eigenvalue weighted by atomic mass is 10.0. The Morgan fingerprint density at radius 3 is 2.63 bits per heavy atom. The highest BCUT2D eigenvalue weighted by Gasteiger charge is 2.32. The Morgan fingerprint density at radius 2 is 1.97 bits per heavy atom. The summed E-state index contributed by atoms with van der Waals surface area (Å²) in [4.78, 5) is 34.5. The van der Waals surface area contributed by atoms with Gasteiger partial charge in [-0.1, -0.05) is 0 Å². The van der Waals surface area contributed by atoms with Gasteiger partial charge in [-0.15, -0.1) is 13.2 Å². The van der Waals surface area contributed by atoms with Crippen molar-refractivity contribution in [3.63, 3.8) is 0 Å². The van der Waals surface area contributed by atoms with Crippen molar-refractivity contribution < 1.29 is 27.4 Å². The van der Waals surface area contributed by atoms with Crippen molar-refractivity contribution in [2.24, 2.45) is 0 Å². The van der Waals surface area contributed by atoms with Gasteiger partial charge in [0.2, 0.25) is 0 Å². The van der Waals surface area contributed by atoms with Crippen molar-refractivity contribution in [3.8, 4) is 5.75 Å². The van der Waals surface area contributed by atoms with Crippen LogP contribution in [0.4, 0.5) is 18.9 Å². The maximum Gasteiger partial charge on any atom is 0.573 e. The van der Waals surface area contributed by atoms with Gasteiger partial charge in [0.05, 0.1) is 17.2 Å². The molecule has 2 fully saturated rings. The molecule has 0 spiro atoms. The fraction of sp³-hybridized carbons (Fsp3) is 0.435. The highest BCUT2D eigenvalue weighted by atomic mass is 19.4. The molecule has 0 radical (unpaired) electrons. The minimum atomic E-state index is -4.85. The third kappa shape index (κ3) is 4.70. The summed E-state index contributed by atoms with van der Waals surface area (Å²) < 4.78 is 48.6. The van der Waals surface area contributed by atoms with Crippen LogP contribution in [0.5, 0.6) is 5.75 Å². The molecule has 0 unspecified atom stereocenters. The minimum absolute atomic E-state index is 0.0248. The Bertz CT molecular complexity index is 1300. The smallest absolute Gasteiger partial charge is 0.406 e. The molecule has 2 aromatic heterocycles. The number of rotatable bonds is 4. The quantitative estimate of drug-likeness (QED) is 0.540. The second-order valence-corrected chi connectivity index (χ2v) is 8.76. The molecule has 0 bridgehead atoms. The van der Waals surface area contributed by atoms with E-state index < -0.39 is 12.1 Å². The maximum atomic E-state index is 13.0. The number of amides is 1. The van der Waals surface area contributed by atoms with Gasteiger partial charge in [0.25, 0.3) is 5.91 Å². The van der Waals surface area contributed by atoms with Crippen LogP contribution in [0, 0.1) is 0 Å². The van der Waals surface area contributed by atoms with Crippen LogP contribution in [0.25, 0.3) is 11.2 Å². The number of aromatic nitrogens is 3. The zero-order valence-electron chi connectivity index (χ0n) is 18.7. The van der Waals surface area contributed by atoms with Crippen LogP contribution in [0.2, 0.25) is 0 Å². The molecule has 5 rings (SSSR count). The van der Waals surface area contributed by atoms with Crippen LogP contribution in [0.3, 0.4) is 0 Å². The second-order valence-electron chi connectivity index (χ2n) is 8.76. The van der Waals surface area contributed by atoms with Crippen LogP contribution in [-0.4, -0.2) is 51.4 Å². The number of halogens is 3. The number of aromatic amines is 1. The average molecular weight is 491 g/mol. The summed E-state index contributed by atoms with van der Waals surface area (Å²) in [7, 11) is 0. The lowest BCUT2D eigenvalue weighted by molar-refractivity contribution is -0.274. The summed E-state index contributed by atoms with van der Waals surface area (Å²) in [5.41, 5.74) is 7.73. The van der Waals surface area contributed by atoms with Crippen molar-refractivity contribution in [1.82, 2.24) is 19.4 Å². The lowest BCUT2D eigenvalue weighted by Gasteiger charge is -2.33. The number of nitrogens with one attached hydrogen (secondary N) is 1. The first-order valence-electron chi connectivity index (χ1n) is 11.4. The normalized spacial score (nSPS) is 19.4. The number of anilines is 1. The number of H-pyrrole nitrogens is 1. The summed E-state index contributed by atoms with van der Waals surface area (Å²) in [5.74, 6) is -0.868. The Hall–Kier alpha value is -3.54. The molecule has 9 nitrogen and oxygen atoms in total. The zero-order chi connectivity index (χ0) is 24.7. The highest BCUT2D eigenvalue weighted by molar-refractivity contribution is 5.99. The second kappa shape index (κ2) is 8.91. The average Bonchev–Trinajstić information content (AvgIpc) is 3.45. The fourth-order valence-electron chi connectivity index (χ4n) is 4.83. The SMILES string of the molecule is Nc1cc(OC(F)(F)F)ccc1C(=O)N1CCC(n2c(=O)[nH]c3ncc([C@H]4CCCO4)cc32)CC1. The van der Waals surface area contributed by atoms with E-state index in [1.54, 1.807) is 15.7 Å². The van der Waals surface area contributed by atoms with E-state index >= 15 is 0 Å². The highest BCUT2D eigenvalue weighted by Crippen LogP contribution is 2.32. The van der Waals surface area contributed by atoms with Crippen molar-refractivity contribution in [2.75, 3.05) is 25.4 Å². The van der Waals surface area contributed by atoms with Crippen molar-refractivity contribution >= 4 is 22.8 Å². The van der Waals surface area contributed by atoms with E-state index in [4.69, 9.17) is 10.5 Å². The number of hydrogen-bond donors (Lipinski definition) is 2. The number of ether oxygens (including phenoxy) is 2. The van der Waals surface area contributed by atoms with E-state index in [1.165, 1.54) is 6.07 Å². The number of alkyl halides is 3. The maximum absolute atomic E-state index is 13.0. The van der Waals surface area contributed by atoms with Crippen LogP contribution in [0.15, 0.2) is 35.3 Å². The first kappa shape index (κ1) is 23.2. The number of hydrogen-bond acceptors (Lipinski definition) is 6. The number of likely N-dealkylation sites (tertiary alicyclic amines) is 1. The van der Waals surface area contributed by atoms with E-state index in [-0.39, 0.29) is 35.0 Å². The number of carbonyl (C=O) groups excluding carboxylic acids is 1. The van der Waals surface area contributed by atoms with Crippen LogP contribution < -0.4 is 16.2 Å². The number of nitrogens with zero attached hydrogens (tertiary/aromatic N) is 3. The Morgan fingerprint density at radius 1 is 1.20 bits per heavy atom. The Labute approximate surface area is 197 Å². The first-order valence-corrected chi connectivity index (χ1v) is 11.4. The van der Waals surface area contributed by atoms with Gasteiger partial charge in [-0.05, 0) is 43.9 Å². The zero-order valence-corrected chi connectivity index (χ0v) is 18.7. The van der Waals surface area contributed by atoms with E-state index in [1.807, 2.05) is 6.07 Å². The standard InChI is InChI=1S/C23H24F3N5O4/c24-23(25,26)35-15-3-4-16(17(27)11-15)21(32)30-7-5-14(6-8-30)31-18-10-13(19-2-1-9-34-19)12-28-20(18)29-22(31)33/h3-4,10-12,14,19H,1-2,5-9,27H2,(H,28,29,33)/t19-/m1/s1. The van der Waals surface area contributed by atoms with E-state index in [0.717, 1.165) is 30.5 Å². The van der Waals surface area contributed by atoms with Gasteiger partial charge >= 0.3 is 12.1 Å². The number of benzene rings is 1. The summed E-state index contributed by atoms with van der Waals surface area (Å²) in [6.07, 6.45) is -0.193. The third-order valence-corrected chi connectivity index (χ3v) is 6.50. The molecule has 2 aliphatic rings. The molecule has 2 aliphatic heterocycles. The van der Waals surface area contributed by atoms with Crippen molar-refractivity contribution in [3.05, 3.63) is 52.1 Å². The van der Waals surface area contributed by atoms with Gasteiger partial charge in [0, 0.05) is 49.3 Å². The molecule has 0 aliphatic carbocycles. The Balaban J connectivity index is 1.31. The van der Waals surface area contributed by atoms with Crippen LogP contribution >= 0.6 is 0 Å². The molecule has 1 aromatic carbocycles. The van der Waals surface area contributed by atoms with E-state index in [9.17, 15) is 22.8 Å². The predicted octanol–water partition coefficient (Wildman–Crippen LogP) is 3.53. The molecule has 3 N–H and O–H groups in total. The number of imidazole rings is 1. The van der Waals surface area contributed by atoms with Gasteiger partial charge < -0.3 is 20.1 Å². The number of pyridine rings is 1. The molecule has 2 saturated heterocycles. The summed E-state index contributed by atoms with van der Waals surface area (Å²) >= 11 is 0. The van der Waals surface area contributed by atoms with E-state index in [0.29, 0.717) is 43.7 Å². The molecule has 0 saturated carbocycles. The molecule has 1 atom stereocenters. The third-order valence-electron chi connectivity index (χ3n) is 6.50. The fourth-order valence-corrected chi connectivity index (χ4v) is 4.83. The minimum Gasteiger partial charge on any atom is -0.406 e. The van der Waals surface area contributed by atoms with E-state index in [2.05, 4.69) is 14.7 Å². The number of fused-ring (bicyclic) bond motifs is 1. The van der Waals surface area contributed by atoms with Crippen LogP contribution in [-0.2, 0) is 4.74 Å². The van der Waals surface area contributed by atoms with Crippen LogP contribution in [0.1, 0.15) is 53.8 Å². The van der Waals surface area contributed by atoms with Gasteiger partial charge in [0.1, 0.15) is 5.75 Å². The topological polar surface area (TPSA) is 115 Å². The molecule has 1 amide bonds. The van der Waals surface area contributed by atoms with Gasteiger partial charge in [-0.2, -0.15) is 0 Å². The number of nitrogen functional groups attached to an aromatic ring is 1.